The number of hydrogen-bond acceptors (Lipinski definition) is 4. The summed E-state index contributed by atoms with van der Waals surface area (Å²) in [5, 5.41) is 0. The molecule has 0 fully saturated rings. The van der Waals surface area contributed by atoms with Crippen LogP contribution < -0.4 is 0 Å². The van der Waals surface area contributed by atoms with E-state index in [1.165, 1.54) is 16.3 Å². The zero-order valence-corrected chi connectivity index (χ0v) is 7.21. The van der Waals surface area contributed by atoms with E-state index in [0.29, 0.717) is 0 Å². The lowest BCUT2D eigenvalue weighted by Gasteiger charge is -2.09. The van der Waals surface area contributed by atoms with Crippen LogP contribution in [0.15, 0.2) is 0 Å². The molecule has 0 saturated carbocycles. The second-order valence-corrected chi connectivity index (χ2v) is 2.61. The normalized spacial score (nSPS) is 8.78. The Bertz CT molecular complexity index is 98.6. The Morgan fingerprint density at radius 1 is 1.56 bits per heavy atom. The minimum absolute atomic E-state index is 0.324. The van der Waals surface area contributed by atoms with Gasteiger partial charge in [0.2, 0.25) is 0 Å². The highest BCUT2D eigenvalue weighted by molar-refractivity contribution is 7.97. The van der Waals surface area contributed by atoms with Crippen LogP contribution in [0.1, 0.15) is 0 Å². The molecule has 3 nitrogen and oxygen atoms in total. The Kier molecular flexibility index (Phi) is 4.80. The van der Waals surface area contributed by atoms with E-state index in [9.17, 15) is 4.79 Å². The van der Waals surface area contributed by atoms with Crippen molar-refractivity contribution in [3.8, 4) is 0 Å². The summed E-state index contributed by atoms with van der Waals surface area (Å²) in [7, 11) is 1.66. The van der Waals surface area contributed by atoms with Gasteiger partial charge in [-0.15, -0.1) is 0 Å². The lowest BCUT2D eigenvalue weighted by atomic mass is 11.1. The van der Waals surface area contributed by atoms with Crippen LogP contribution >= 0.6 is 24.0 Å². The van der Waals surface area contributed by atoms with Crippen molar-refractivity contribution in [2.75, 3.05) is 19.6 Å². The van der Waals surface area contributed by atoms with Crippen molar-refractivity contribution in [2.24, 2.45) is 0 Å². The van der Waals surface area contributed by atoms with Crippen molar-refractivity contribution >= 4 is 30.1 Å². The van der Waals surface area contributed by atoms with Crippen molar-refractivity contribution in [2.45, 2.75) is 0 Å². The van der Waals surface area contributed by atoms with E-state index in [0.717, 1.165) is 12.0 Å². The van der Waals surface area contributed by atoms with Gasteiger partial charge in [-0.3, -0.25) is 4.31 Å². The minimum Gasteiger partial charge on any atom is -0.375 e. The van der Waals surface area contributed by atoms with Gasteiger partial charge >= 0.3 is 6.09 Å². The molecule has 0 atom stereocenters. The van der Waals surface area contributed by atoms with Crippen molar-refractivity contribution in [1.82, 2.24) is 4.31 Å². The maximum absolute atomic E-state index is 10.6. The summed E-state index contributed by atoms with van der Waals surface area (Å²) in [6.45, 7) is 0. The van der Waals surface area contributed by atoms with E-state index < -0.39 is 0 Å². The lowest BCUT2D eigenvalue weighted by molar-refractivity contribution is 0.196. The van der Waals surface area contributed by atoms with E-state index in [2.05, 4.69) is 4.18 Å². The number of rotatable bonds is 2. The third-order valence-electron chi connectivity index (χ3n) is 0.686. The van der Waals surface area contributed by atoms with Gasteiger partial charge in [0.1, 0.15) is 0 Å². The highest BCUT2D eigenvalue weighted by Gasteiger charge is 2.06. The van der Waals surface area contributed by atoms with Crippen LogP contribution in [-0.4, -0.2) is 30.0 Å². The van der Waals surface area contributed by atoms with Gasteiger partial charge in [0.15, 0.2) is 0 Å². The summed E-state index contributed by atoms with van der Waals surface area (Å²) in [5.74, 6) is 0. The molecular formula is C4H9NO2S2. The summed E-state index contributed by atoms with van der Waals surface area (Å²) in [5.41, 5.74) is 0. The molecule has 0 N–H and O–H groups in total. The van der Waals surface area contributed by atoms with E-state index in [1.54, 1.807) is 13.3 Å². The van der Waals surface area contributed by atoms with E-state index in [-0.39, 0.29) is 6.09 Å². The highest BCUT2D eigenvalue weighted by Crippen LogP contribution is 2.06. The van der Waals surface area contributed by atoms with Gasteiger partial charge < -0.3 is 4.18 Å². The van der Waals surface area contributed by atoms with Crippen molar-refractivity contribution in [3.63, 3.8) is 0 Å². The Morgan fingerprint density at radius 3 is 2.44 bits per heavy atom. The Morgan fingerprint density at radius 2 is 2.11 bits per heavy atom. The molecule has 1 amide bonds. The maximum Gasteiger partial charge on any atom is 0.431 e. The Hall–Kier alpha value is -0.0300. The first kappa shape index (κ1) is 8.97. The van der Waals surface area contributed by atoms with Crippen molar-refractivity contribution in [3.05, 3.63) is 0 Å². The largest absolute Gasteiger partial charge is 0.431 e. The van der Waals surface area contributed by atoms with Crippen LogP contribution in [0.4, 0.5) is 4.79 Å². The first-order valence-corrected chi connectivity index (χ1v) is 4.58. The van der Waals surface area contributed by atoms with Gasteiger partial charge in [0.05, 0.1) is 12.0 Å². The van der Waals surface area contributed by atoms with Crippen LogP contribution in [0, 0.1) is 0 Å². The smallest absolute Gasteiger partial charge is 0.375 e. The molecule has 5 heteroatoms. The molecule has 0 heterocycles. The van der Waals surface area contributed by atoms with Crippen molar-refractivity contribution < 1.29 is 8.98 Å². The SMILES string of the molecule is CSOC(=O)N(C)SC. The fraction of sp³-hybridized carbons (Fsp3) is 0.750. The number of carbonyl (C=O) groups excluding carboxylic acids is 1. The van der Waals surface area contributed by atoms with E-state index >= 15 is 0 Å². The van der Waals surface area contributed by atoms with Crippen LogP contribution in [0.3, 0.4) is 0 Å². The second kappa shape index (κ2) is 4.81. The van der Waals surface area contributed by atoms with Crippen molar-refractivity contribution in [1.29, 1.82) is 0 Å². The van der Waals surface area contributed by atoms with Crippen LogP contribution in [0.2, 0.25) is 0 Å². The first-order chi connectivity index (χ1) is 4.22. The average molecular weight is 167 g/mol. The molecule has 0 aliphatic rings. The lowest BCUT2D eigenvalue weighted by Crippen LogP contribution is -2.17. The van der Waals surface area contributed by atoms with Gasteiger partial charge in [-0.25, -0.2) is 4.79 Å². The highest BCUT2D eigenvalue weighted by atomic mass is 32.2. The summed E-state index contributed by atoms with van der Waals surface area (Å²) in [6.07, 6.45) is 3.18. The Labute approximate surface area is 63.5 Å². The van der Waals surface area contributed by atoms with Gasteiger partial charge in [-0.1, -0.05) is 0 Å². The third kappa shape index (κ3) is 3.53. The molecule has 0 aromatic carbocycles. The summed E-state index contributed by atoms with van der Waals surface area (Å²) >= 11 is 2.37. The van der Waals surface area contributed by atoms with Gasteiger partial charge in [0, 0.05) is 19.6 Å². The van der Waals surface area contributed by atoms with Crippen LogP contribution in [-0.2, 0) is 4.18 Å². The van der Waals surface area contributed by atoms with Gasteiger partial charge in [0.25, 0.3) is 0 Å². The Balaban J connectivity index is 3.46. The molecule has 0 aliphatic heterocycles. The average Bonchev–Trinajstić information content (AvgIpc) is 1.87. The summed E-state index contributed by atoms with van der Waals surface area (Å²) in [4.78, 5) is 10.6. The number of hydrogen-bond donors (Lipinski definition) is 0. The zero-order valence-electron chi connectivity index (χ0n) is 5.58. The summed E-state index contributed by atoms with van der Waals surface area (Å²) in [6, 6.07) is 0. The predicted octanol–water partition coefficient (Wildman–Crippen LogP) is 1.61. The number of nitrogens with zero attached hydrogens (tertiary/aromatic N) is 1. The monoisotopic (exact) mass is 167 g/mol. The van der Waals surface area contributed by atoms with Gasteiger partial charge in [-0.05, 0) is 11.9 Å². The quantitative estimate of drug-likeness (QED) is 0.461. The molecule has 0 aromatic rings. The topological polar surface area (TPSA) is 29.5 Å². The molecule has 9 heavy (non-hydrogen) atoms. The molecule has 0 aliphatic carbocycles. The molecule has 54 valence electrons. The molecule has 0 radical (unpaired) electrons. The molecular weight excluding hydrogens is 158 g/mol. The third-order valence-corrected chi connectivity index (χ3v) is 1.69. The van der Waals surface area contributed by atoms with Gasteiger partial charge in [-0.2, -0.15) is 0 Å². The van der Waals surface area contributed by atoms with Crippen LogP contribution in [0.5, 0.6) is 0 Å². The zero-order chi connectivity index (χ0) is 7.28. The molecule has 0 aromatic heterocycles. The fourth-order valence-corrected chi connectivity index (χ4v) is 0.686. The molecule has 0 spiro atoms. The number of amides is 1. The minimum atomic E-state index is -0.324. The van der Waals surface area contributed by atoms with E-state index in [4.69, 9.17) is 0 Å². The molecule has 0 unspecified atom stereocenters. The number of carbonyl (C=O) groups is 1. The molecule has 0 bridgehead atoms. The van der Waals surface area contributed by atoms with Crippen LogP contribution in [0.25, 0.3) is 0 Å². The molecule has 0 saturated heterocycles. The first-order valence-electron chi connectivity index (χ1n) is 2.24. The molecule has 0 rings (SSSR count). The second-order valence-electron chi connectivity index (χ2n) is 1.20. The standard InChI is InChI=1S/C4H9NO2S2/c1-5(8-2)4(6)7-9-3/h1-3H3. The maximum atomic E-state index is 10.6. The van der Waals surface area contributed by atoms with E-state index in [1.807, 2.05) is 6.26 Å². The summed E-state index contributed by atoms with van der Waals surface area (Å²) < 4.78 is 5.99. The predicted molar refractivity (Wildman–Crippen MR) is 41.3 cm³/mol. The fourth-order valence-electron chi connectivity index (χ4n) is 0.198.